The first-order valence-corrected chi connectivity index (χ1v) is 8.49. The number of hydrogen-bond donors (Lipinski definition) is 1. The summed E-state index contributed by atoms with van der Waals surface area (Å²) in [4.78, 5) is 15.7. The Morgan fingerprint density at radius 2 is 1.93 bits per heavy atom. The van der Waals surface area contributed by atoms with Gasteiger partial charge in [0.2, 0.25) is 0 Å². The number of carboxylic acid groups (broad SMARTS) is 1. The molecule has 0 fully saturated rings. The first kappa shape index (κ1) is 19.5. The van der Waals surface area contributed by atoms with E-state index in [0.29, 0.717) is 28.0 Å². The van der Waals surface area contributed by atoms with Gasteiger partial charge in [-0.1, -0.05) is 23.2 Å². The number of carbonyl (C=O) groups is 1. The predicted molar refractivity (Wildman–Crippen MR) is 96.7 cm³/mol. The molecular formula is C18H13Cl2F3N2O2. The van der Waals surface area contributed by atoms with Crippen LogP contribution in [0.1, 0.15) is 32.9 Å². The number of alkyl halides is 3. The van der Waals surface area contributed by atoms with Gasteiger partial charge in [-0.15, -0.1) is 0 Å². The second-order valence-electron chi connectivity index (χ2n) is 6.12. The molecule has 0 bridgehead atoms. The molecule has 142 valence electrons. The van der Waals surface area contributed by atoms with Crippen molar-refractivity contribution in [3.8, 4) is 0 Å². The zero-order valence-electron chi connectivity index (χ0n) is 14.2. The highest BCUT2D eigenvalue weighted by molar-refractivity contribution is 6.37. The summed E-state index contributed by atoms with van der Waals surface area (Å²) >= 11 is 12.3. The minimum absolute atomic E-state index is 0.0187. The Morgan fingerprint density at radius 3 is 2.52 bits per heavy atom. The zero-order valence-corrected chi connectivity index (χ0v) is 15.7. The molecule has 3 aromatic rings. The number of aromatic carboxylic acids is 1. The Kier molecular flexibility index (Phi) is 4.86. The molecule has 9 heteroatoms. The van der Waals surface area contributed by atoms with Gasteiger partial charge < -0.3 is 9.67 Å². The first-order chi connectivity index (χ1) is 12.5. The molecule has 0 aliphatic carbocycles. The van der Waals surface area contributed by atoms with Crippen molar-refractivity contribution >= 4 is 40.2 Å². The minimum Gasteiger partial charge on any atom is -0.478 e. The van der Waals surface area contributed by atoms with Gasteiger partial charge in [0, 0.05) is 18.5 Å². The van der Waals surface area contributed by atoms with Gasteiger partial charge in [-0.25, -0.2) is 9.78 Å². The van der Waals surface area contributed by atoms with Gasteiger partial charge in [0.25, 0.3) is 0 Å². The van der Waals surface area contributed by atoms with Crippen molar-refractivity contribution in [3.63, 3.8) is 0 Å². The van der Waals surface area contributed by atoms with E-state index in [1.807, 2.05) is 0 Å². The van der Waals surface area contributed by atoms with E-state index >= 15 is 0 Å². The van der Waals surface area contributed by atoms with Crippen molar-refractivity contribution in [1.82, 2.24) is 9.55 Å². The number of rotatable bonds is 3. The van der Waals surface area contributed by atoms with E-state index in [1.165, 1.54) is 16.7 Å². The molecule has 4 nitrogen and oxygen atoms in total. The van der Waals surface area contributed by atoms with Crippen LogP contribution in [-0.4, -0.2) is 20.6 Å². The van der Waals surface area contributed by atoms with Crippen molar-refractivity contribution in [3.05, 3.63) is 62.4 Å². The lowest BCUT2D eigenvalue weighted by Crippen LogP contribution is -2.06. The monoisotopic (exact) mass is 416 g/mol. The molecule has 0 saturated carbocycles. The molecule has 0 radical (unpaired) electrons. The van der Waals surface area contributed by atoms with Crippen LogP contribution >= 0.6 is 23.2 Å². The number of nitrogens with zero attached hydrogens (tertiary/aromatic N) is 2. The maximum absolute atomic E-state index is 13.1. The number of benzene rings is 2. The van der Waals surface area contributed by atoms with E-state index in [2.05, 4.69) is 4.98 Å². The summed E-state index contributed by atoms with van der Waals surface area (Å²) in [5, 5.41) is 9.44. The number of aryl methyl sites for hydroxylation is 2. The Hall–Kier alpha value is -2.25. The van der Waals surface area contributed by atoms with E-state index in [4.69, 9.17) is 23.2 Å². The zero-order chi connectivity index (χ0) is 20.1. The second kappa shape index (κ2) is 6.73. The van der Waals surface area contributed by atoms with E-state index in [1.54, 1.807) is 14.0 Å². The lowest BCUT2D eigenvalue weighted by atomic mass is 10.1. The van der Waals surface area contributed by atoms with Gasteiger partial charge in [0.05, 0.1) is 27.2 Å². The standard InChI is InChI=1S/C18H13Cl2F3N2O2/c1-8-5-9(18(21,22)23)6-13-16(8)24-14(25(13)2)7-11-12(19)4-3-10(15(11)20)17(26)27/h3-6H,7H2,1-2H3,(H,26,27). The summed E-state index contributed by atoms with van der Waals surface area (Å²) in [6.45, 7) is 1.55. The molecule has 0 aliphatic rings. The summed E-state index contributed by atoms with van der Waals surface area (Å²) in [7, 11) is 1.59. The quantitative estimate of drug-likeness (QED) is 0.613. The van der Waals surface area contributed by atoms with Gasteiger partial charge in [-0.2, -0.15) is 13.2 Å². The van der Waals surface area contributed by atoms with Crippen LogP contribution in [0.3, 0.4) is 0 Å². The molecule has 0 aliphatic heterocycles. The second-order valence-corrected chi connectivity index (χ2v) is 6.90. The Balaban J connectivity index is 2.15. The van der Waals surface area contributed by atoms with Crippen LogP contribution in [0.2, 0.25) is 10.0 Å². The summed E-state index contributed by atoms with van der Waals surface area (Å²) in [6.07, 6.45) is -4.39. The van der Waals surface area contributed by atoms with Crippen molar-refractivity contribution in [2.45, 2.75) is 19.5 Å². The highest BCUT2D eigenvalue weighted by Gasteiger charge is 2.32. The highest BCUT2D eigenvalue weighted by atomic mass is 35.5. The maximum atomic E-state index is 13.1. The third-order valence-electron chi connectivity index (χ3n) is 4.35. The average Bonchev–Trinajstić information content (AvgIpc) is 2.87. The van der Waals surface area contributed by atoms with E-state index in [0.717, 1.165) is 12.1 Å². The van der Waals surface area contributed by atoms with Crippen LogP contribution in [0.15, 0.2) is 24.3 Å². The fourth-order valence-electron chi connectivity index (χ4n) is 2.91. The molecule has 1 N–H and O–H groups in total. The van der Waals surface area contributed by atoms with Crippen LogP contribution in [0.25, 0.3) is 11.0 Å². The van der Waals surface area contributed by atoms with Gasteiger partial charge in [0.1, 0.15) is 5.82 Å². The summed E-state index contributed by atoms with van der Waals surface area (Å²) in [5.41, 5.74) is 0.626. The van der Waals surface area contributed by atoms with Crippen molar-refractivity contribution in [2.24, 2.45) is 7.05 Å². The number of hydrogen-bond acceptors (Lipinski definition) is 2. The predicted octanol–water partition coefficient (Wildman–Crippen LogP) is 5.50. The number of imidazole rings is 1. The minimum atomic E-state index is -4.47. The van der Waals surface area contributed by atoms with Crippen molar-refractivity contribution < 1.29 is 23.1 Å². The Morgan fingerprint density at radius 1 is 1.26 bits per heavy atom. The highest BCUT2D eigenvalue weighted by Crippen LogP contribution is 2.34. The average molecular weight is 417 g/mol. The molecule has 0 unspecified atom stereocenters. The molecule has 27 heavy (non-hydrogen) atoms. The van der Waals surface area contributed by atoms with Crippen molar-refractivity contribution in [2.75, 3.05) is 0 Å². The number of aromatic nitrogens is 2. The topological polar surface area (TPSA) is 55.1 Å². The smallest absolute Gasteiger partial charge is 0.416 e. The molecule has 1 heterocycles. The molecule has 0 saturated heterocycles. The lowest BCUT2D eigenvalue weighted by molar-refractivity contribution is -0.137. The first-order valence-electron chi connectivity index (χ1n) is 7.74. The third-order valence-corrected chi connectivity index (χ3v) is 5.13. The summed E-state index contributed by atoms with van der Waals surface area (Å²) < 4.78 is 40.8. The third kappa shape index (κ3) is 3.49. The molecule has 2 aromatic carbocycles. The Bertz CT molecular complexity index is 1070. The molecule has 1 aromatic heterocycles. The van der Waals surface area contributed by atoms with Gasteiger partial charge >= 0.3 is 12.1 Å². The van der Waals surface area contributed by atoms with Crippen molar-refractivity contribution in [1.29, 1.82) is 0 Å². The molecule has 0 amide bonds. The summed E-state index contributed by atoms with van der Waals surface area (Å²) in [5.74, 6) is -0.785. The van der Waals surface area contributed by atoms with E-state index in [-0.39, 0.29) is 22.0 Å². The fourth-order valence-corrected chi connectivity index (χ4v) is 3.50. The van der Waals surface area contributed by atoms with Gasteiger partial charge in [-0.3, -0.25) is 0 Å². The van der Waals surface area contributed by atoms with E-state index < -0.39 is 17.7 Å². The van der Waals surface area contributed by atoms with Gasteiger partial charge in [0.15, 0.2) is 0 Å². The normalized spacial score (nSPS) is 12.0. The van der Waals surface area contributed by atoms with Gasteiger partial charge in [-0.05, 0) is 42.3 Å². The summed E-state index contributed by atoms with van der Waals surface area (Å²) in [6, 6.07) is 4.80. The largest absolute Gasteiger partial charge is 0.478 e. The number of carboxylic acids is 1. The van der Waals surface area contributed by atoms with Crippen LogP contribution in [0.5, 0.6) is 0 Å². The molecule has 0 atom stereocenters. The molecular weight excluding hydrogens is 404 g/mol. The van der Waals surface area contributed by atoms with Crippen LogP contribution < -0.4 is 0 Å². The maximum Gasteiger partial charge on any atom is 0.416 e. The Labute approximate surface area is 162 Å². The fraction of sp³-hybridized carbons (Fsp3) is 0.222. The molecule has 0 spiro atoms. The van der Waals surface area contributed by atoms with Crippen LogP contribution in [-0.2, 0) is 19.6 Å². The van der Waals surface area contributed by atoms with E-state index in [9.17, 15) is 23.1 Å². The number of halogens is 5. The van der Waals surface area contributed by atoms with Crippen LogP contribution in [0, 0.1) is 6.92 Å². The number of fused-ring (bicyclic) bond motifs is 1. The lowest BCUT2D eigenvalue weighted by Gasteiger charge is -2.10. The van der Waals surface area contributed by atoms with Crippen LogP contribution in [0.4, 0.5) is 13.2 Å². The molecule has 3 rings (SSSR count). The SMILES string of the molecule is Cc1cc(C(F)(F)F)cc2c1nc(Cc1c(Cl)ccc(C(=O)O)c1Cl)n2C.